The van der Waals surface area contributed by atoms with Gasteiger partial charge in [0.2, 0.25) is 5.78 Å². The largest absolute Gasteiger partial charge is 0.453 e. The summed E-state index contributed by atoms with van der Waals surface area (Å²) in [5.74, 6) is 0.331. The fourth-order valence-electron chi connectivity index (χ4n) is 2.63. The van der Waals surface area contributed by atoms with E-state index in [1.165, 1.54) is 5.56 Å². The molecule has 0 atom stereocenters. The molecule has 0 saturated heterocycles. The molecule has 0 fully saturated rings. The van der Waals surface area contributed by atoms with E-state index in [9.17, 15) is 4.79 Å². The third-order valence-corrected chi connectivity index (χ3v) is 3.69. The van der Waals surface area contributed by atoms with Crippen molar-refractivity contribution in [1.82, 2.24) is 0 Å². The molecular formula is C18H12O2. The van der Waals surface area contributed by atoms with Crippen LogP contribution in [0.25, 0.3) is 17.0 Å². The van der Waals surface area contributed by atoms with Crippen molar-refractivity contribution < 1.29 is 9.21 Å². The van der Waals surface area contributed by atoms with E-state index in [1.807, 2.05) is 42.5 Å². The van der Waals surface area contributed by atoms with Crippen molar-refractivity contribution in [1.29, 1.82) is 0 Å². The van der Waals surface area contributed by atoms with Crippen molar-refractivity contribution >= 4 is 22.8 Å². The fourth-order valence-corrected chi connectivity index (χ4v) is 2.63. The Labute approximate surface area is 116 Å². The Balaban J connectivity index is 1.78. The second-order valence-electron chi connectivity index (χ2n) is 5.00. The van der Waals surface area contributed by atoms with Crippen LogP contribution in [0.1, 0.15) is 27.2 Å². The van der Waals surface area contributed by atoms with Gasteiger partial charge in [-0.2, -0.15) is 0 Å². The summed E-state index contributed by atoms with van der Waals surface area (Å²) in [6.07, 6.45) is 5.12. The number of hydrogen-bond acceptors (Lipinski definition) is 2. The van der Waals surface area contributed by atoms with Crippen molar-refractivity contribution in [2.75, 3.05) is 0 Å². The van der Waals surface area contributed by atoms with Crippen LogP contribution in [0.5, 0.6) is 0 Å². The minimum atomic E-state index is -0.0655. The third-order valence-electron chi connectivity index (χ3n) is 3.69. The molecule has 96 valence electrons. The molecule has 0 amide bonds. The number of rotatable bonds is 2. The van der Waals surface area contributed by atoms with Crippen LogP contribution < -0.4 is 0 Å². The van der Waals surface area contributed by atoms with E-state index in [4.69, 9.17) is 4.42 Å². The highest BCUT2D eigenvalue weighted by atomic mass is 16.3. The van der Waals surface area contributed by atoms with Crippen LogP contribution >= 0.6 is 0 Å². The van der Waals surface area contributed by atoms with Gasteiger partial charge in [0.15, 0.2) is 5.76 Å². The number of furan rings is 1. The number of fused-ring (bicyclic) bond motifs is 2. The molecule has 1 aliphatic carbocycles. The van der Waals surface area contributed by atoms with Gasteiger partial charge in [-0.05, 0) is 35.7 Å². The average molecular weight is 260 g/mol. The van der Waals surface area contributed by atoms with E-state index in [1.54, 1.807) is 6.07 Å². The van der Waals surface area contributed by atoms with Crippen LogP contribution in [-0.2, 0) is 6.42 Å². The number of benzene rings is 2. The maximum Gasteiger partial charge on any atom is 0.228 e. The number of carbonyl (C=O) groups is 1. The van der Waals surface area contributed by atoms with Gasteiger partial charge in [-0.25, -0.2) is 0 Å². The number of ketones is 1. The molecule has 2 heteroatoms. The summed E-state index contributed by atoms with van der Waals surface area (Å²) in [5.41, 5.74) is 3.82. The van der Waals surface area contributed by atoms with Crippen LogP contribution in [0.15, 0.2) is 59.0 Å². The van der Waals surface area contributed by atoms with Gasteiger partial charge in [0.05, 0.1) is 0 Å². The summed E-state index contributed by atoms with van der Waals surface area (Å²) in [6.45, 7) is 0. The van der Waals surface area contributed by atoms with Crippen LogP contribution in [0.2, 0.25) is 0 Å². The van der Waals surface area contributed by atoms with Crippen LogP contribution in [0.4, 0.5) is 0 Å². The van der Waals surface area contributed by atoms with Gasteiger partial charge in [-0.15, -0.1) is 0 Å². The Morgan fingerprint density at radius 1 is 1.05 bits per heavy atom. The predicted octanol–water partition coefficient (Wildman–Crippen LogP) is 4.23. The molecule has 1 heterocycles. The third kappa shape index (κ3) is 1.69. The molecule has 0 unspecified atom stereocenters. The highest BCUT2D eigenvalue weighted by Gasteiger charge is 2.16. The Hall–Kier alpha value is -2.61. The first-order chi connectivity index (χ1) is 9.81. The van der Waals surface area contributed by atoms with Crippen LogP contribution in [0, 0.1) is 0 Å². The van der Waals surface area contributed by atoms with E-state index >= 15 is 0 Å². The minimum Gasteiger partial charge on any atom is -0.453 e. The maximum absolute atomic E-state index is 12.5. The molecule has 20 heavy (non-hydrogen) atoms. The smallest absolute Gasteiger partial charge is 0.228 e. The van der Waals surface area contributed by atoms with Crippen molar-refractivity contribution in [3.63, 3.8) is 0 Å². The van der Waals surface area contributed by atoms with Crippen molar-refractivity contribution in [3.8, 4) is 0 Å². The lowest BCUT2D eigenvalue weighted by Crippen LogP contribution is -2.00. The first-order valence-corrected chi connectivity index (χ1v) is 6.64. The zero-order valence-electron chi connectivity index (χ0n) is 10.8. The van der Waals surface area contributed by atoms with Gasteiger partial charge in [-0.1, -0.05) is 42.5 Å². The Morgan fingerprint density at radius 3 is 2.85 bits per heavy atom. The normalized spacial score (nSPS) is 12.8. The summed E-state index contributed by atoms with van der Waals surface area (Å²) < 4.78 is 5.64. The molecule has 0 radical (unpaired) electrons. The Kier molecular flexibility index (Phi) is 2.36. The first-order valence-electron chi connectivity index (χ1n) is 6.64. The Morgan fingerprint density at radius 2 is 1.95 bits per heavy atom. The average Bonchev–Trinajstić information content (AvgIpc) is 3.11. The van der Waals surface area contributed by atoms with Gasteiger partial charge in [0.1, 0.15) is 5.58 Å². The lowest BCUT2D eigenvalue weighted by atomic mass is 10.0. The first kappa shape index (κ1) is 11.2. The molecule has 0 spiro atoms. The molecule has 2 nitrogen and oxygen atoms in total. The number of para-hydroxylation sites is 1. The van der Waals surface area contributed by atoms with Gasteiger partial charge in [0, 0.05) is 10.9 Å². The maximum atomic E-state index is 12.5. The molecule has 0 N–H and O–H groups in total. The Bertz CT molecular complexity index is 820. The van der Waals surface area contributed by atoms with E-state index in [0.29, 0.717) is 11.3 Å². The molecular weight excluding hydrogens is 248 g/mol. The number of hydrogen-bond donors (Lipinski definition) is 0. The SMILES string of the molecule is O=C(c1ccc2c(c1)C=CC2)c1cc2ccccc2o1. The summed E-state index contributed by atoms with van der Waals surface area (Å²) in [6, 6.07) is 15.3. The van der Waals surface area contributed by atoms with Gasteiger partial charge < -0.3 is 4.42 Å². The number of carbonyl (C=O) groups excluding carboxylic acids is 1. The molecule has 3 aromatic rings. The monoisotopic (exact) mass is 260 g/mol. The standard InChI is InChI=1S/C18H12O2/c19-18(15-9-8-12-5-3-6-13(12)10-15)17-11-14-4-1-2-7-16(14)20-17/h1-4,6-11H,5H2. The fraction of sp³-hybridized carbons (Fsp3) is 0.0556. The molecule has 2 aromatic carbocycles. The van der Waals surface area contributed by atoms with Gasteiger partial charge in [-0.3, -0.25) is 4.79 Å². The van der Waals surface area contributed by atoms with Gasteiger partial charge in [0.25, 0.3) is 0 Å². The highest BCUT2D eigenvalue weighted by Crippen LogP contribution is 2.24. The zero-order chi connectivity index (χ0) is 13.5. The second-order valence-corrected chi connectivity index (χ2v) is 5.00. The predicted molar refractivity (Wildman–Crippen MR) is 78.8 cm³/mol. The summed E-state index contributed by atoms with van der Waals surface area (Å²) >= 11 is 0. The minimum absolute atomic E-state index is 0.0655. The molecule has 0 bridgehead atoms. The summed E-state index contributed by atoms with van der Waals surface area (Å²) in [5, 5.41) is 0.955. The van der Waals surface area contributed by atoms with Crippen molar-refractivity contribution in [2.24, 2.45) is 0 Å². The van der Waals surface area contributed by atoms with Gasteiger partial charge >= 0.3 is 0 Å². The zero-order valence-corrected chi connectivity index (χ0v) is 10.8. The van der Waals surface area contributed by atoms with E-state index in [-0.39, 0.29) is 5.78 Å². The molecule has 1 aromatic heterocycles. The topological polar surface area (TPSA) is 30.2 Å². The number of allylic oxidation sites excluding steroid dienone is 1. The molecule has 1 aliphatic rings. The van der Waals surface area contributed by atoms with Crippen molar-refractivity contribution in [3.05, 3.63) is 77.1 Å². The van der Waals surface area contributed by atoms with Crippen LogP contribution in [0.3, 0.4) is 0 Å². The quantitative estimate of drug-likeness (QED) is 0.645. The lowest BCUT2D eigenvalue weighted by Gasteiger charge is -2.02. The van der Waals surface area contributed by atoms with E-state index in [2.05, 4.69) is 12.2 Å². The second kappa shape index (κ2) is 4.20. The lowest BCUT2D eigenvalue weighted by molar-refractivity contribution is 0.101. The summed E-state index contributed by atoms with van der Waals surface area (Å²) in [7, 11) is 0. The molecule has 4 rings (SSSR count). The summed E-state index contributed by atoms with van der Waals surface area (Å²) in [4.78, 5) is 12.5. The van der Waals surface area contributed by atoms with Crippen LogP contribution in [-0.4, -0.2) is 5.78 Å². The van der Waals surface area contributed by atoms with E-state index < -0.39 is 0 Å². The van der Waals surface area contributed by atoms with E-state index in [0.717, 1.165) is 23.0 Å². The molecule has 0 saturated carbocycles. The highest BCUT2D eigenvalue weighted by molar-refractivity contribution is 6.09. The van der Waals surface area contributed by atoms with Crippen molar-refractivity contribution in [2.45, 2.75) is 6.42 Å². The molecule has 0 aliphatic heterocycles.